The molecule has 0 radical (unpaired) electrons. The Hall–Kier alpha value is -1.99. The summed E-state index contributed by atoms with van der Waals surface area (Å²) in [5.74, 6) is 0.657. The summed E-state index contributed by atoms with van der Waals surface area (Å²) in [6.07, 6.45) is 6.17. The van der Waals surface area contributed by atoms with E-state index in [0.717, 1.165) is 55.5 Å². The van der Waals surface area contributed by atoms with Crippen LogP contribution in [0.15, 0.2) is 17.6 Å². The summed E-state index contributed by atoms with van der Waals surface area (Å²) in [5, 5.41) is 5.92. The number of likely N-dealkylation sites (tertiary alicyclic amines) is 1. The third-order valence-corrected chi connectivity index (χ3v) is 7.05. The number of aromatic nitrogens is 1. The molecular weight excluding hydrogens is 360 g/mol. The van der Waals surface area contributed by atoms with E-state index in [1.54, 1.807) is 12.3 Å². The van der Waals surface area contributed by atoms with Crippen molar-refractivity contribution < 1.29 is 9.59 Å². The number of carbonyl (C=O) groups is 2. The van der Waals surface area contributed by atoms with Gasteiger partial charge in [-0.2, -0.15) is 0 Å². The molecule has 5 heterocycles. The molecule has 5 rings (SSSR count). The second-order valence-corrected chi connectivity index (χ2v) is 8.95. The lowest BCUT2D eigenvalue weighted by molar-refractivity contribution is 0.0794. The first-order valence-electron chi connectivity index (χ1n) is 9.87. The second kappa shape index (κ2) is 6.87. The van der Waals surface area contributed by atoms with Gasteiger partial charge in [-0.15, -0.1) is 11.3 Å². The summed E-state index contributed by atoms with van der Waals surface area (Å²) in [6.45, 7) is 4.91. The average Bonchev–Trinajstić information content (AvgIpc) is 3.40. The van der Waals surface area contributed by atoms with Crippen molar-refractivity contribution in [2.45, 2.75) is 31.7 Å². The van der Waals surface area contributed by atoms with Gasteiger partial charge in [0, 0.05) is 49.2 Å². The van der Waals surface area contributed by atoms with E-state index >= 15 is 0 Å². The zero-order valence-electron chi connectivity index (χ0n) is 15.3. The zero-order valence-corrected chi connectivity index (χ0v) is 16.1. The van der Waals surface area contributed by atoms with Crippen molar-refractivity contribution in [3.63, 3.8) is 0 Å². The molecular formula is C20H24N4O2S. The highest BCUT2D eigenvalue weighted by atomic mass is 32.1. The lowest BCUT2D eigenvalue weighted by atomic mass is 9.97. The molecule has 1 N–H and O–H groups in total. The summed E-state index contributed by atoms with van der Waals surface area (Å²) < 4.78 is 0.955. The van der Waals surface area contributed by atoms with Crippen LogP contribution in [0, 0.1) is 5.92 Å². The summed E-state index contributed by atoms with van der Waals surface area (Å²) in [6, 6.07) is 1.99. The molecule has 3 saturated heterocycles. The number of amides is 2. The Morgan fingerprint density at radius 1 is 1.19 bits per heavy atom. The fraction of sp³-hybridized carbons (Fsp3) is 0.550. The quantitative estimate of drug-likeness (QED) is 0.882. The van der Waals surface area contributed by atoms with Gasteiger partial charge in [-0.3, -0.25) is 9.59 Å². The maximum atomic E-state index is 12.8. The summed E-state index contributed by atoms with van der Waals surface area (Å²) in [4.78, 5) is 34.3. The number of hydrogen-bond donors (Lipinski definition) is 1. The minimum absolute atomic E-state index is 0.0768. The van der Waals surface area contributed by atoms with E-state index in [4.69, 9.17) is 0 Å². The number of carbonyl (C=O) groups excluding carboxylic acids is 2. The third-order valence-electron chi connectivity index (χ3n) is 6.12. The lowest BCUT2D eigenvalue weighted by Gasteiger charge is -2.30. The van der Waals surface area contributed by atoms with Crippen LogP contribution in [0.25, 0.3) is 10.1 Å². The highest BCUT2D eigenvalue weighted by Gasteiger charge is 2.33. The summed E-state index contributed by atoms with van der Waals surface area (Å²) >= 11 is 1.52. The molecule has 3 atom stereocenters. The first kappa shape index (κ1) is 17.1. The van der Waals surface area contributed by atoms with E-state index < -0.39 is 0 Å². The van der Waals surface area contributed by atoms with Crippen molar-refractivity contribution in [1.82, 2.24) is 20.1 Å². The lowest BCUT2D eigenvalue weighted by Crippen LogP contribution is -2.47. The molecule has 1 unspecified atom stereocenters. The maximum absolute atomic E-state index is 12.8. The number of nitrogens with zero attached hydrogens (tertiary/aromatic N) is 3. The van der Waals surface area contributed by atoms with Gasteiger partial charge < -0.3 is 15.1 Å². The number of hydrogen-bond acceptors (Lipinski definition) is 5. The Balaban J connectivity index is 1.36. The van der Waals surface area contributed by atoms with Gasteiger partial charge in [-0.05, 0) is 44.2 Å². The van der Waals surface area contributed by atoms with Crippen LogP contribution in [-0.4, -0.2) is 65.4 Å². The summed E-state index contributed by atoms with van der Waals surface area (Å²) in [7, 11) is 0. The summed E-state index contributed by atoms with van der Waals surface area (Å²) in [5.41, 5.74) is 1.11. The molecule has 2 bridgehead atoms. The molecule has 3 aliphatic rings. The molecule has 0 aliphatic carbocycles. The van der Waals surface area contributed by atoms with Crippen LogP contribution in [0.2, 0.25) is 0 Å². The smallest absolute Gasteiger partial charge is 0.270 e. The van der Waals surface area contributed by atoms with Gasteiger partial charge in [0.05, 0.1) is 10.3 Å². The topological polar surface area (TPSA) is 65.5 Å². The van der Waals surface area contributed by atoms with Crippen molar-refractivity contribution in [1.29, 1.82) is 0 Å². The predicted octanol–water partition coefficient (Wildman–Crippen LogP) is 2.36. The van der Waals surface area contributed by atoms with E-state index in [-0.39, 0.29) is 17.9 Å². The van der Waals surface area contributed by atoms with Gasteiger partial charge in [0.1, 0.15) is 5.69 Å². The highest BCUT2D eigenvalue weighted by Crippen LogP contribution is 2.29. The number of piperidine rings is 1. The molecule has 0 saturated carbocycles. The fourth-order valence-corrected chi connectivity index (χ4v) is 5.62. The minimum atomic E-state index is -0.129. The Bertz CT molecular complexity index is 877. The zero-order chi connectivity index (χ0) is 18.4. The molecule has 0 aromatic carbocycles. The van der Waals surface area contributed by atoms with E-state index in [0.29, 0.717) is 17.2 Å². The van der Waals surface area contributed by atoms with Crippen LogP contribution in [0.4, 0.5) is 0 Å². The predicted molar refractivity (Wildman–Crippen MR) is 105 cm³/mol. The molecule has 7 heteroatoms. The van der Waals surface area contributed by atoms with Crippen molar-refractivity contribution in [2.24, 2.45) is 5.92 Å². The van der Waals surface area contributed by atoms with Crippen molar-refractivity contribution >= 4 is 33.2 Å². The second-order valence-electron chi connectivity index (χ2n) is 8.03. The number of nitrogens with one attached hydrogen (secondary N) is 1. The molecule has 6 nitrogen and oxygen atoms in total. The van der Waals surface area contributed by atoms with Crippen molar-refractivity contribution in [2.75, 3.05) is 32.7 Å². The number of thiophene rings is 1. The van der Waals surface area contributed by atoms with E-state index in [1.807, 2.05) is 10.3 Å². The average molecular weight is 385 g/mol. The largest absolute Gasteiger partial charge is 0.347 e. The molecule has 2 amide bonds. The van der Waals surface area contributed by atoms with Crippen LogP contribution in [0.3, 0.4) is 0 Å². The molecule has 3 aliphatic heterocycles. The first-order chi connectivity index (χ1) is 13.2. The number of fused-ring (bicyclic) bond motifs is 3. The third kappa shape index (κ3) is 3.23. The molecule has 142 valence electrons. The Labute approximate surface area is 162 Å². The van der Waals surface area contributed by atoms with Gasteiger partial charge in [0.2, 0.25) is 0 Å². The van der Waals surface area contributed by atoms with Crippen molar-refractivity contribution in [3.8, 4) is 0 Å². The van der Waals surface area contributed by atoms with Crippen LogP contribution in [0.1, 0.15) is 46.5 Å². The van der Waals surface area contributed by atoms with Gasteiger partial charge in [-0.25, -0.2) is 4.98 Å². The van der Waals surface area contributed by atoms with Gasteiger partial charge in [-0.1, -0.05) is 0 Å². The molecule has 27 heavy (non-hydrogen) atoms. The first-order valence-corrected chi connectivity index (χ1v) is 10.7. The van der Waals surface area contributed by atoms with Gasteiger partial charge in [0.25, 0.3) is 11.8 Å². The maximum Gasteiger partial charge on any atom is 0.270 e. The normalized spacial score (nSPS) is 27.3. The standard InChI is InChI=1S/C20H24N4O2S/c25-19(22-14-7-13-3-6-23(10-13)11-14)17-8-15-16(12-27-18(15)9-21-17)20(26)24-4-1-2-5-24/h8-9,12-14H,1-7,10-11H2,(H,22,25)/t13-,14+/m0/s1. The van der Waals surface area contributed by atoms with Crippen LogP contribution in [0.5, 0.6) is 0 Å². The van der Waals surface area contributed by atoms with Crippen LogP contribution in [-0.2, 0) is 0 Å². The molecule has 2 aromatic rings. The van der Waals surface area contributed by atoms with Crippen LogP contribution >= 0.6 is 11.3 Å². The van der Waals surface area contributed by atoms with E-state index in [1.165, 1.54) is 24.3 Å². The molecule has 3 fully saturated rings. The number of rotatable bonds is 3. The Morgan fingerprint density at radius 3 is 2.85 bits per heavy atom. The van der Waals surface area contributed by atoms with E-state index in [9.17, 15) is 9.59 Å². The monoisotopic (exact) mass is 384 g/mol. The minimum Gasteiger partial charge on any atom is -0.347 e. The number of pyridine rings is 1. The Morgan fingerprint density at radius 2 is 2.04 bits per heavy atom. The highest BCUT2D eigenvalue weighted by molar-refractivity contribution is 7.17. The van der Waals surface area contributed by atoms with E-state index in [2.05, 4.69) is 15.2 Å². The SMILES string of the molecule is O=C(N[C@@H]1C[C@@H]2CCN(C2)C1)c1cc2c(C(=O)N3CCCC3)csc2cn1. The van der Waals surface area contributed by atoms with Gasteiger partial charge in [0.15, 0.2) is 0 Å². The molecule has 0 spiro atoms. The molecule has 2 aromatic heterocycles. The van der Waals surface area contributed by atoms with Gasteiger partial charge >= 0.3 is 0 Å². The van der Waals surface area contributed by atoms with Crippen molar-refractivity contribution in [3.05, 3.63) is 28.9 Å². The fourth-order valence-electron chi connectivity index (χ4n) is 4.74. The van der Waals surface area contributed by atoms with Crippen LogP contribution < -0.4 is 5.32 Å². The Kier molecular flexibility index (Phi) is 4.36.